The van der Waals surface area contributed by atoms with Crippen molar-refractivity contribution in [3.05, 3.63) is 53.1 Å². The Balaban J connectivity index is 2.31. The van der Waals surface area contributed by atoms with Crippen molar-refractivity contribution in [3.8, 4) is 11.5 Å². The van der Waals surface area contributed by atoms with Gasteiger partial charge in [-0.15, -0.1) is 0 Å². The molecule has 8 heteroatoms. The van der Waals surface area contributed by atoms with Crippen LogP contribution in [-0.4, -0.2) is 41.8 Å². The van der Waals surface area contributed by atoms with Crippen molar-refractivity contribution in [1.29, 1.82) is 0 Å². The maximum atomic E-state index is 12.8. The van der Waals surface area contributed by atoms with Gasteiger partial charge < -0.3 is 14.8 Å². The Hall–Kier alpha value is -2.74. The van der Waals surface area contributed by atoms with Gasteiger partial charge in [-0.2, -0.15) is 0 Å². The number of nitrogens with zero attached hydrogens (tertiary/aromatic N) is 1. The van der Waals surface area contributed by atoms with E-state index in [1.807, 2.05) is 13.0 Å². The van der Waals surface area contributed by atoms with Crippen molar-refractivity contribution >= 4 is 21.6 Å². The SMILES string of the molecule is COc1ccc(OC)c(C(C)NC(=O)c2ccc(C)c(N(C)S(C)(=O)=O)c2)c1. The number of carbonyl (C=O) groups is 1. The third kappa shape index (κ3) is 4.75. The number of sulfonamides is 1. The number of amides is 1. The molecule has 0 aliphatic rings. The number of benzene rings is 2. The lowest BCUT2D eigenvalue weighted by Crippen LogP contribution is -2.28. The first-order chi connectivity index (χ1) is 13.1. The van der Waals surface area contributed by atoms with Gasteiger partial charge in [-0.3, -0.25) is 9.10 Å². The fourth-order valence-electron chi connectivity index (χ4n) is 2.80. The monoisotopic (exact) mass is 406 g/mol. The molecule has 2 aromatic carbocycles. The number of hydrogen-bond donors (Lipinski definition) is 1. The zero-order valence-electron chi connectivity index (χ0n) is 16.9. The Morgan fingerprint density at radius 2 is 1.79 bits per heavy atom. The van der Waals surface area contributed by atoms with E-state index in [-0.39, 0.29) is 11.9 Å². The number of ether oxygens (including phenoxy) is 2. The largest absolute Gasteiger partial charge is 0.497 e. The fourth-order valence-corrected chi connectivity index (χ4v) is 3.36. The number of aryl methyl sites for hydroxylation is 1. The molecule has 1 unspecified atom stereocenters. The lowest BCUT2D eigenvalue weighted by atomic mass is 10.0. The van der Waals surface area contributed by atoms with Gasteiger partial charge in [-0.05, 0) is 49.7 Å². The summed E-state index contributed by atoms with van der Waals surface area (Å²) in [5, 5.41) is 2.92. The van der Waals surface area contributed by atoms with Crippen LogP contribution in [0.2, 0.25) is 0 Å². The molecular formula is C20H26N2O5S. The predicted octanol–water partition coefficient (Wildman–Crippen LogP) is 2.90. The first-order valence-corrected chi connectivity index (χ1v) is 10.5. The molecule has 0 bridgehead atoms. The van der Waals surface area contributed by atoms with E-state index in [1.54, 1.807) is 51.5 Å². The van der Waals surface area contributed by atoms with Crippen LogP contribution >= 0.6 is 0 Å². The van der Waals surface area contributed by atoms with Crippen LogP contribution in [0.5, 0.6) is 11.5 Å². The summed E-state index contributed by atoms with van der Waals surface area (Å²) in [5.41, 5.74) is 2.36. The second kappa shape index (κ2) is 8.52. The average Bonchev–Trinajstić information content (AvgIpc) is 2.66. The maximum Gasteiger partial charge on any atom is 0.251 e. The van der Waals surface area contributed by atoms with Crippen LogP contribution in [0.15, 0.2) is 36.4 Å². The Morgan fingerprint density at radius 3 is 2.36 bits per heavy atom. The molecule has 0 aliphatic carbocycles. The van der Waals surface area contributed by atoms with Crippen LogP contribution in [0.25, 0.3) is 0 Å². The molecule has 0 radical (unpaired) electrons. The van der Waals surface area contributed by atoms with Crippen molar-refractivity contribution in [2.45, 2.75) is 19.9 Å². The summed E-state index contributed by atoms with van der Waals surface area (Å²) >= 11 is 0. The fraction of sp³-hybridized carbons (Fsp3) is 0.350. The lowest BCUT2D eigenvalue weighted by molar-refractivity contribution is 0.0939. The normalized spacial score (nSPS) is 12.2. The summed E-state index contributed by atoms with van der Waals surface area (Å²) in [4.78, 5) is 12.8. The molecule has 0 spiro atoms. The molecule has 28 heavy (non-hydrogen) atoms. The highest BCUT2D eigenvalue weighted by molar-refractivity contribution is 7.92. The van der Waals surface area contributed by atoms with Gasteiger partial charge in [0.05, 0.1) is 32.2 Å². The number of nitrogens with one attached hydrogen (secondary N) is 1. The van der Waals surface area contributed by atoms with Crippen molar-refractivity contribution in [3.63, 3.8) is 0 Å². The molecule has 0 aliphatic heterocycles. The van der Waals surface area contributed by atoms with Gasteiger partial charge in [-0.1, -0.05) is 6.07 Å². The molecule has 0 heterocycles. The highest BCUT2D eigenvalue weighted by atomic mass is 32.2. The van der Waals surface area contributed by atoms with E-state index in [1.165, 1.54) is 7.05 Å². The molecule has 1 atom stereocenters. The molecule has 2 rings (SSSR count). The zero-order chi connectivity index (χ0) is 21.1. The second-order valence-corrected chi connectivity index (χ2v) is 8.55. The lowest BCUT2D eigenvalue weighted by Gasteiger charge is -2.21. The minimum absolute atomic E-state index is 0.319. The average molecular weight is 407 g/mol. The van der Waals surface area contributed by atoms with Gasteiger partial charge in [-0.25, -0.2) is 8.42 Å². The van der Waals surface area contributed by atoms with Gasteiger partial charge >= 0.3 is 0 Å². The van der Waals surface area contributed by atoms with E-state index in [9.17, 15) is 13.2 Å². The first kappa shape index (κ1) is 21.6. The van der Waals surface area contributed by atoms with Crippen molar-refractivity contribution in [1.82, 2.24) is 5.32 Å². The van der Waals surface area contributed by atoms with E-state index in [4.69, 9.17) is 9.47 Å². The predicted molar refractivity (Wildman–Crippen MR) is 110 cm³/mol. The molecule has 0 fully saturated rings. The smallest absolute Gasteiger partial charge is 0.251 e. The summed E-state index contributed by atoms with van der Waals surface area (Å²) in [6.07, 6.45) is 1.12. The quantitative estimate of drug-likeness (QED) is 0.764. The summed E-state index contributed by atoms with van der Waals surface area (Å²) in [7, 11) is 1.16. The molecule has 0 saturated heterocycles. The Kier molecular flexibility index (Phi) is 6.56. The molecule has 7 nitrogen and oxygen atoms in total. The highest BCUT2D eigenvalue weighted by Crippen LogP contribution is 2.30. The van der Waals surface area contributed by atoms with Gasteiger partial charge in [0.1, 0.15) is 11.5 Å². The van der Waals surface area contributed by atoms with Crippen LogP contribution in [0.1, 0.15) is 34.5 Å². The molecule has 1 amide bonds. The third-order valence-electron chi connectivity index (χ3n) is 4.56. The zero-order valence-corrected chi connectivity index (χ0v) is 17.8. The first-order valence-electron chi connectivity index (χ1n) is 8.65. The maximum absolute atomic E-state index is 12.8. The van der Waals surface area contributed by atoms with Crippen LogP contribution in [-0.2, 0) is 10.0 Å². The molecule has 0 saturated carbocycles. The Bertz CT molecular complexity index is 973. The van der Waals surface area contributed by atoms with Gasteiger partial charge in [0.2, 0.25) is 10.0 Å². The number of carbonyl (C=O) groups excluding carboxylic acids is 1. The number of methoxy groups -OCH3 is 2. The molecule has 0 aromatic heterocycles. The van der Waals surface area contributed by atoms with Crippen molar-refractivity contribution in [2.75, 3.05) is 31.8 Å². The summed E-state index contributed by atoms with van der Waals surface area (Å²) in [5.74, 6) is 0.972. The van der Waals surface area contributed by atoms with E-state index < -0.39 is 10.0 Å². The summed E-state index contributed by atoms with van der Waals surface area (Å²) in [6, 6.07) is 9.98. The number of anilines is 1. The number of hydrogen-bond acceptors (Lipinski definition) is 5. The van der Waals surface area contributed by atoms with Crippen LogP contribution in [0.3, 0.4) is 0 Å². The summed E-state index contributed by atoms with van der Waals surface area (Å²) < 4.78 is 35.5. The van der Waals surface area contributed by atoms with Gasteiger partial charge in [0, 0.05) is 18.2 Å². The van der Waals surface area contributed by atoms with Crippen molar-refractivity contribution < 1.29 is 22.7 Å². The van der Waals surface area contributed by atoms with E-state index in [0.29, 0.717) is 22.7 Å². The molecule has 2 aromatic rings. The topological polar surface area (TPSA) is 84.9 Å². The molecular weight excluding hydrogens is 380 g/mol. The van der Waals surface area contributed by atoms with Crippen LogP contribution < -0.4 is 19.1 Å². The van der Waals surface area contributed by atoms with E-state index in [2.05, 4.69) is 5.32 Å². The Morgan fingerprint density at radius 1 is 1.11 bits per heavy atom. The van der Waals surface area contributed by atoms with Crippen LogP contribution in [0.4, 0.5) is 5.69 Å². The van der Waals surface area contributed by atoms with E-state index in [0.717, 1.165) is 21.7 Å². The molecule has 152 valence electrons. The minimum Gasteiger partial charge on any atom is -0.497 e. The van der Waals surface area contributed by atoms with Gasteiger partial charge in [0.25, 0.3) is 5.91 Å². The highest BCUT2D eigenvalue weighted by Gasteiger charge is 2.19. The standard InChI is InChI=1S/C20H26N2O5S/c1-13-7-8-15(11-18(13)22(3)28(6,24)25)20(23)21-14(2)17-12-16(26-4)9-10-19(17)27-5/h7-12,14H,1-6H3,(H,21,23). The number of rotatable bonds is 7. The third-order valence-corrected chi connectivity index (χ3v) is 5.75. The van der Waals surface area contributed by atoms with Gasteiger partial charge in [0.15, 0.2) is 0 Å². The minimum atomic E-state index is -3.43. The Labute approximate surface area is 166 Å². The van der Waals surface area contributed by atoms with Crippen molar-refractivity contribution in [2.24, 2.45) is 0 Å². The van der Waals surface area contributed by atoms with Crippen LogP contribution in [0, 0.1) is 6.92 Å². The molecule has 1 N–H and O–H groups in total. The summed E-state index contributed by atoms with van der Waals surface area (Å²) in [6.45, 7) is 3.63. The van der Waals surface area contributed by atoms with E-state index >= 15 is 0 Å². The second-order valence-electron chi connectivity index (χ2n) is 6.53.